The molecule has 0 aliphatic heterocycles. The fourth-order valence-corrected chi connectivity index (χ4v) is 0.282. The molecular formula is C5H6FNO. The molecule has 0 saturated carbocycles. The third-order valence-electron chi connectivity index (χ3n) is 0.650. The van der Waals surface area contributed by atoms with Gasteiger partial charge in [-0.1, -0.05) is 0 Å². The molecule has 0 saturated heterocycles. The maximum atomic E-state index is 11.2. The Morgan fingerprint density at radius 1 is 1.75 bits per heavy atom. The topological polar surface area (TPSA) is 40.9 Å². The lowest BCUT2D eigenvalue weighted by Crippen LogP contribution is -1.95. The lowest BCUT2D eigenvalue weighted by molar-refractivity contribution is -0.118. The van der Waals surface area contributed by atoms with Gasteiger partial charge in [-0.25, -0.2) is 0 Å². The van der Waals surface area contributed by atoms with Crippen LogP contribution in [0.15, 0.2) is 0 Å². The zero-order valence-electron chi connectivity index (χ0n) is 4.35. The van der Waals surface area contributed by atoms with Crippen LogP contribution in [0.5, 0.6) is 0 Å². The standard InChI is InChI=1S/C5H6FNO/c6-3-1-5(8)2-4-7/h1-3H2. The lowest BCUT2D eigenvalue weighted by atomic mass is 10.2. The molecule has 0 atom stereocenters. The Balaban J connectivity index is 3.23. The van der Waals surface area contributed by atoms with Crippen LogP contribution in [-0.2, 0) is 4.79 Å². The van der Waals surface area contributed by atoms with Crippen molar-refractivity contribution >= 4 is 5.78 Å². The van der Waals surface area contributed by atoms with Crippen molar-refractivity contribution < 1.29 is 9.18 Å². The number of carbonyl (C=O) groups excluding carboxylic acids is 1. The summed E-state index contributed by atoms with van der Waals surface area (Å²) in [6.07, 6.45) is -0.280. The van der Waals surface area contributed by atoms with Crippen molar-refractivity contribution in [2.45, 2.75) is 12.8 Å². The molecule has 0 rings (SSSR count). The normalized spacial score (nSPS) is 8.00. The van der Waals surface area contributed by atoms with E-state index in [9.17, 15) is 9.18 Å². The molecule has 0 aliphatic carbocycles. The fourth-order valence-electron chi connectivity index (χ4n) is 0.282. The van der Waals surface area contributed by atoms with E-state index in [1.807, 2.05) is 0 Å². The number of rotatable bonds is 3. The number of alkyl halides is 1. The summed E-state index contributed by atoms with van der Waals surface area (Å²) in [7, 11) is 0. The first-order chi connectivity index (χ1) is 3.81. The van der Waals surface area contributed by atoms with E-state index in [0.717, 1.165) is 0 Å². The zero-order chi connectivity index (χ0) is 6.41. The predicted octanol–water partition coefficient (Wildman–Crippen LogP) is 0.829. The summed E-state index contributed by atoms with van der Waals surface area (Å²) in [4.78, 5) is 10.2. The number of nitrogens with zero attached hydrogens (tertiary/aromatic N) is 1. The number of carbonyl (C=O) groups is 1. The molecule has 8 heavy (non-hydrogen) atoms. The summed E-state index contributed by atoms with van der Waals surface area (Å²) in [6.45, 7) is -0.652. The Bertz CT molecular complexity index is 116. The van der Waals surface area contributed by atoms with Crippen molar-refractivity contribution in [2.24, 2.45) is 0 Å². The van der Waals surface area contributed by atoms with E-state index in [1.165, 1.54) is 0 Å². The van der Waals surface area contributed by atoms with Crippen LogP contribution in [0.2, 0.25) is 0 Å². The van der Waals surface area contributed by atoms with Crippen LogP contribution in [-0.4, -0.2) is 12.5 Å². The van der Waals surface area contributed by atoms with Crippen LogP contribution in [0.3, 0.4) is 0 Å². The maximum absolute atomic E-state index is 11.2. The van der Waals surface area contributed by atoms with E-state index in [4.69, 9.17) is 5.26 Å². The highest BCUT2D eigenvalue weighted by atomic mass is 19.1. The second-order valence-corrected chi connectivity index (χ2v) is 1.31. The van der Waals surface area contributed by atoms with Crippen molar-refractivity contribution in [3.05, 3.63) is 0 Å². The summed E-state index contributed by atoms with van der Waals surface area (Å²) in [6, 6.07) is 1.64. The minimum atomic E-state index is -0.652. The molecule has 0 heterocycles. The average Bonchev–Trinajstić information content (AvgIpc) is 1.68. The lowest BCUT2D eigenvalue weighted by Gasteiger charge is -1.83. The van der Waals surface area contributed by atoms with Crippen LogP contribution in [0, 0.1) is 11.3 Å². The first-order valence-electron chi connectivity index (χ1n) is 2.26. The number of nitriles is 1. The molecule has 3 heteroatoms. The highest BCUT2D eigenvalue weighted by Crippen LogP contribution is 1.87. The zero-order valence-corrected chi connectivity index (χ0v) is 4.35. The van der Waals surface area contributed by atoms with Crippen molar-refractivity contribution in [1.29, 1.82) is 5.26 Å². The van der Waals surface area contributed by atoms with Gasteiger partial charge in [-0.3, -0.25) is 9.18 Å². The number of ketones is 1. The Labute approximate surface area is 46.9 Å². The number of hydrogen-bond donors (Lipinski definition) is 0. The quantitative estimate of drug-likeness (QED) is 0.546. The highest BCUT2D eigenvalue weighted by Gasteiger charge is 1.97. The molecule has 0 aromatic rings. The van der Waals surface area contributed by atoms with Crippen LogP contribution < -0.4 is 0 Å². The molecule has 2 nitrogen and oxygen atoms in total. The molecular weight excluding hydrogens is 109 g/mol. The van der Waals surface area contributed by atoms with Gasteiger partial charge in [0.05, 0.1) is 19.2 Å². The minimum Gasteiger partial charge on any atom is -0.298 e. The van der Waals surface area contributed by atoms with Gasteiger partial charge in [0.25, 0.3) is 0 Å². The molecule has 0 fully saturated rings. The Morgan fingerprint density at radius 3 is 2.75 bits per heavy atom. The summed E-state index contributed by atoms with van der Waals surface area (Å²) in [5.41, 5.74) is 0. The largest absolute Gasteiger partial charge is 0.298 e. The fraction of sp³-hybridized carbons (Fsp3) is 0.600. The number of halogens is 1. The van der Waals surface area contributed by atoms with E-state index < -0.39 is 6.67 Å². The van der Waals surface area contributed by atoms with Gasteiger partial charge >= 0.3 is 0 Å². The van der Waals surface area contributed by atoms with Crippen LogP contribution in [0.25, 0.3) is 0 Å². The predicted molar refractivity (Wildman–Crippen MR) is 25.8 cm³/mol. The Kier molecular flexibility index (Phi) is 3.77. The molecule has 0 bridgehead atoms. The maximum Gasteiger partial charge on any atom is 0.149 e. The molecule has 0 aromatic carbocycles. The van der Waals surface area contributed by atoms with Gasteiger partial charge in [0.15, 0.2) is 0 Å². The molecule has 0 spiro atoms. The van der Waals surface area contributed by atoms with Crippen molar-refractivity contribution in [3.63, 3.8) is 0 Å². The summed E-state index contributed by atoms with van der Waals surface area (Å²) >= 11 is 0. The van der Waals surface area contributed by atoms with Crippen LogP contribution >= 0.6 is 0 Å². The second kappa shape index (κ2) is 4.25. The third-order valence-corrected chi connectivity index (χ3v) is 0.650. The summed E-state index contributed by atoms with van der Waals surface area (Å²) in [5.74, 6) is -0.324. The second-order valence-electron chi connectivity index (χ2n) is 1.31. The van der Waals surface area contributed by atoms with Gasteiger partial charge in [0, 0.05) is 6.42 Å². The Hall–Kier alpha value is -0.910. The van der Waals surface area contributed by atoms with Crippen LogP contribution in [0.1, 0.15) is 12.8 Å². The van der Waals surface area contributed by atoms with Crippen LogP contribution in [0.4, 0.5) is 4.39 Å². The highest BCUT2D eigenvalue weighted by molar-refractivity contribution is 5.80. The minimum absolute atomic E-state index is 0.118. The van der Waals surface area contributed by atoms with E-state index in [1.54, 1.807) is 6.07 Å². The molecule has 0 unspecified atom stereocenters. The van der Waals surface area contributed by atoms with E-state index in [2.05, 4.69) is 0 Å². The number of Topliss-reactive ketones (excluding diaryl/α,β-unsaturated/α-hetero) is 1. The first kappa shape index (κ1) is 7.09. The third kappa shape index (κ3) is 3.29. The van der Waals surface area contributed by atoms with E-state index in [0.29, 0.717) is 0 Å². The van der Waals surface area contributed by atoms with E-state index in [-0.39, 0.29) is 18.6 Å². The van der Waals surface area contributed by atoms with E-state index >= 15 is 0 Å². The van der Waals surface area contributed by atoms with Gasteiger partial charge in [-0.05, 0) is 0 Å². The van der Waals surface area contributed by atoms with Gasteiger partial charge < -0.3 is 0 Å². The molecule has 44 valence electrons. The average molecular weight is 115 g/mol. The van der Waals surface area contributed by atoms with Gasteiger partial charge in [-0.15, -0.1) is 0 Å². The van der Waals surface area contributed by atoms with Crippen molar-refractivity contribution in [2.75, 3.05) is 6.67 Å². The molecule has 0 radical (unpaired) electrons. The number of hydrogen-bond acceptors (Lipinski definition) is 2. The van der Waals surface area contributed by atoms with Crippen molar-refractivity contribution in [3.8, 4) is 6.07 Å². The Morgan fingerprint density at radius 2 is 2.38 bits per heavy atom. The molecule has 0 aliphatic rings. The van der Waals surface area contributed by atoms with Crippen molar-refractivity contribution in [1.82, 2.24) is 0 Å². The molecule has 0 aromatic heterocycles. The smallest absolute Gasteiger partial charge is 0.149 e. The summed E-state index contributed by atoms with van der Waals surface area (Å²) < 4.78 is 11.2. The monoisotopic (exact) mass is 115 g/mol. The SMILES string of the molecule is N#CCC(=O)CCF. The van der Waals surface area contributed by atoms with Gasteiger partial charge in [-0.2, -0.15) is 5.26 Å². The first-order valence-corrected chi connectivity index (χ1v) is 2.26. The van der Waals surface area contributed by atoms with Gasteiger partial charge in [0.1, 0.15) is 5.78 Å². The van der Waals surface area contributed by atoms with Gasteiger partial charge in [0.2, 0.25) is 0 Å². The summed E-state index contributed by atoms with van der Waals surface area (Å²) in [5, 5.41) is 7.87. The molecule has 0 amide bonds. The molecule has 0 N–H and O–H groups in total.